The topological polar surface area (TPSA) is 108 Å². The fourth-order valence-corrected chi connectivity index (χ4v) is 3.97. The van der Waals surface area contributed by atoms with Crippen molar-refractivity contribution in [1.82, 2.24) is 25.0 Å². The van der Waals surface area contributed by atoms with Gasteiger partial charge in [0.1, 0.15) is 0 Å². The van der Waals surface area contributed by atoms with E-state index >= 15 is 0 Å². The van der Waals surface area contributed by atoms with Gasteiger partial charge in [-0.3, -0.25) is 14.6 Å². The average molecular weight is 386 g/mol. The smallest absolute Gasteiger partial charge is 0.257 e. The van der Waals surface area contributed by atoms with Crippen LogP contribution in [0.2, 0.25) is 0 Å². The third kappa shape index (κ3) is 3.93. The van der Waals surface area contributed by atoms with Crippen LogP contribution in [0.15, 0.2) is 9.32 Å². The Hall–Kier alpha value is -2.71. The molecular weight excluding hydrogens is 360 g/mol. The van der Waals surface area contributed by atoms with Crippen molar-refractivity contribution in [1.29, 1.82) is 0 Å². The first kappa shape index (κ1) is 18.6. The van der Waals surface area contributed by atoms with E-state index < -0.39 is 0 Å². The van der Waals surface area contributed by atoms with Crippen LogP contribution >= 0.6 is 0 Å². The maximum absolute atomic E-state index is 12.7. The van der Waals surface area contributed by atoms with Crippen molar-refractivity contribution >= 4 is 11.9 Å². The summed E-state index contributed by atoms with van der Waals surface area (Å²) in [5.74, 6) is 2.27. The average Bonchev–Trinajstić information content (AvgIpc) is 3.11. The maximum Gasteiger partial charge on any atom is 0.257 e. The number of carbonyl (C=O) groups is 1. The first-order valence-electron chi connectivity index (χ1n) is 9.93. The van der Waals surface area contributed by atoms with Crippen LogP contribution in [0.4, 0.5) is 5.95 Å². The van der Waals surface area contributed by atoms with Crippen molar-refractivity contribution in [2.24, 2.45) is 5.92 Å². The second kappa shape index (κ2) is 7.73. The van der Waals surface area contributed by atoms with Crippen LogP contribution in [0.5, 0.6) is 0 Å². The lowest BCUT2D eigenvalue weighted by Gasteiger charge is -2.33. The number of aromatic nitrogens is 4. The van der Waals surface area contributed by atoms with E-state index in [0.717, 1.165) is 25.2 Å². The standard InChI is InChI=1S/C19H26N6O3/c1-12-4-3-8-25(10-12)19-21-15-7-9-24(11-14(15)18(27)22-19)17(26)6-5-16-20-13(2)23-28-16/h12H,3-11H2,1-2H3,(H,21,22,27)/t12-/m0/s1. The molecule has 2 aliphatic rings. The Morgan fingerprint density at radius 2 is 2.18 bits per heavy atom. The number of hydrogen-bond acceptors (Lipinski definition) is 7. The Kier molecular flexibility index (Phi) is 5.15. The van der Waals surface area contributed by atoms with Gasteiger partial charge in [-0.15, -0.1) is 0 Å². The van der Waals surface area contributed by atoms with Gasteiger partial charge < -0.3 is 14.3 Å². The number of nitrogens with zero attached hydrogens (tertiary/aromatic N) is 5. The molecule has 4 rings (SSSR count). The highest BCUT2D eigenvalue weighted by molar-refractivity contribution is 5.76. The van der Waals surface area contributed by atoms with Gasteiger partial charge in [-0.1, -0.05) is 12.1 Å². The van der Waals surface area contributed by atoms with E-state index in [2.05, 4.69) is 26.9 Å². The summed E-state index contributed by atoms with van der Waals surface area (Å²) in [5.41, 5.74) is 1.28. The van der Waals surface area contributed by atoms with E-state index in [-0.39, 0.29) is 17.9 Å². The second-order valence-electron chi connectivity index (χ2n) is 7.81. The predicted molar refractivity (Wildman–Crippen MR) is 102 cm³/mol. The van der Waals surface area contributed by atoms with Crippen molar-refractivity contribution in [3.8, 4) is 0 Å². The molecule has 2 aromatic heterocycles. The Morgan fingerprint density at radius 1 is 1.32 bits per heavy atom. The zero-order valence-corrected chi connectivity index (χ0v) is 16.4. The summed E-state index contributed by atoms with van der Waals surface area (Å²) in [6, 6.07) is 0. The molecule has 0 unspecified atom stereocenters. The molecule has 28 heavy (non-hydrogen) atoms. The fourth-order valence-electron chi connectivity index (χ4n) is 3.97. The minimum absolute atomic E-state index is 0.0187. The SMILES string of the molecule is Cc1noc(CCC(=O)N2CCc3nc(N4CCC[C@H](C)C4)[nH]c(=O)c3C2)n1. The number of anilines is 1. The van der Waals surface area contributed by atoms with Crippen molar-refractivity contribution < 1.29 is 9.32 Å². The van der Waals surface area contributed by atoms with E-state index in [0.29, 0.717) is 55.1 Å². The zero-order valence-electron chi connectivity index (χ0n) is 16.4. The van der Waals surface area contributed by atoms with Gasteiger partial charge >= 0.3 is 0 Å². The minimum atomic E-state index is -0.136. The summed E-state index contributed by atoms with van der Waals surface area (Å²) in [6.07, 6.45) is 3.62. The Morgan fingerprint density at radius 3 is 2.93 bits per heavy atom. The van der Waals surface area contributed by atoms with E-state index in [9.17, 15) is 9.59 Å². The van der Waals surface area contributed by atoms with Gasteiger partial charge in [-0.25, -0.2) is 4.98 Å². The molecule has 0 radical (unpaired) electrons. The van der Waals surface area contributed by atoms with Crippen LogP contribution in [-0.2, 0) is 24.2 Å². The number of H-pyrrole nitrogens is 1. The maximum atomic E-state index is 12.7. The van der Waals surface area contributed by atoms with E-state index in [1.165, 1.54) is 6.42 Å². The van der Waals surface area contributed by atoms with Crippen LogP contribution in [-0.4, -0.2) is 50.5 Å². The molecule has 9 heteroatoms. The van der Waals surface area contributed by atoms with Crippen molar-refractivity contribution in [2.45, 2.75) is 52.5 Å². The number of hydrogen-bond donors (Lipinski definition) is 1. The van der Waals surface area contributed by atoms with Gasteiger partial charge in [0.25, 0.3) is 5.56 Å². The molecule has 4 heterocycles. The quantitative estimate of drug-likeness (QED) is 0.841. The molecule has 1 fully saturated rings. The summed E-state index contributed by atoms with van der Waals surface area (Å²) in [5, 5.41) is 3.73. The molecule has 0 spiro atoms. The number of aromatic amines is 1. The number of carbonyl (C=O) groups excluding carboxylic acids is 1. The summed E-state index contributed by atoms with van der Waals surface area (Å²) >= 11 is 0. The largest absolute Gasteiger partial charge is 0.342 e. The lowest BCUT2D eigenvalue weighted by molar-refractivity contribution is -0.132. The number of fused-ring (bicyclic) bond motifs is 1. The third-order valence-corrected chi connectivity index (χ3v) is 5.49. The summed E-state index contributed by atoms with van der Waals surface area (Å²) < 4.78 is 5.05. The van der Waals surface area contributed by atoms with Crippen LogP contribution in [0.25, 0.3) is 0 Å². The highest BCUT2D eigenvalue weighted by Gasteiger charge is 2.26. The van der Waals surface area contributed by atoms with Crippen LogP contribution in [0.1, 0.15) is 49.2 Å². The number of rotatable bonds is 4. The van der Waals surface area contributed by atoms with Gasteiger partial charge in [0.05, 0.1) is 17.8 Å². The number of amides is 1. The third-order valence-electron chi connectivity index (χ3n) is 5.49. The highest BCUT2D eigenvalue weighted by atomic mass is 16.5. The molecular formula is C19H26N6O3. The molecule has 0 bridgehead atoms. The first-order valence-corrected chi connectivity index (χ1v) is 9.93. The first-order chi connectivity index (χ1) is 13.5. The lowest BCUT2D eigenvalue weighted by atomic mass is 10.0. The molecule has 1 amide bonds. The molecule has 1 atom stereocenters. The van der Waals surface area contributed by atoms with Crippen LogP contribution < -0.4 is 10.5 Å². The molecule has 2 aliphatic heterocycles. The van der Waals surface area contributed by atoms with E-state index in [1.54, 1.807) is 11.8 Å². The van der Waals surface area contributed by atoms with Gasteiger partial charge in [-0.05, 0) is 25.7 Å². The molecule has 1 saturated heterocycles. The van der Waals surface area contributed by atoms with Gasteiger partial charge in [0.15, 0.2) is 5.82 Å². The normalized spacial score (nSPS) is 19.6. The number of piperidine rings is 1. The second-order valence-corrected chi connectivity index (χ2v) is 7.81. The lowest BCUT2D eigenvalue weighted by Crippen LogP contribution is -2.41. The minimum Gasteiger partial charge on any atom is -0.342 e. The van der Waals surface area contributed by atoms with Gasteiger partial charge in [0.2, 0.25) is 17.7 Å². The van der Waals surface area contributed by atoms with Crippen LogP contribution in [0.3, 0.4) is 0 Å². The van der Waals surface area contributed by atoms with Gasteiger partial charge in [-0.2, -0.15) is 4.98 Å². The molecule has 0 aromatic carbocycles. The van der Waals surface area contributed by atoms with Gasteiger partial charge in [0, 0.05) is 38.9 Å². The molecule has 150 valence electrons. The Bertz CT molecular complexity index is 921. The summed E-state index contributed by atoms with van der Waals surface area (Å²) in [4.78, 5) is 40.9. The fraction of sp³-hybridized carbons (Fsp3) is 0.632. The number of aryl methyl sites for hydroxylation is 2. The van der Waals surface area contributed by atoms with Crippen molar-refractivity contribution in [3.05, 3.63) is 33.3 Å². The van der Waals surface area contributed by atoms with Crippen molar-refractivity contribution in [2.75, 3.05) is 24.5 Å². The Labute approximate surface area is 163 Å². The van der Waals surface area contributed by atoms with Crippen molar-refractivity contribution in [3.63, 3.8) is 0 Å². The molecule has 2 aromatic rings. The Balaban J connectivity index is 1.43. The monoisotopic (exact) mass is 386 g/mol. The number of nitrogens with one attached hydrogen (secondary N) is 1. The molecule has 0 saturated carbocycles. The molecule has 1 N–H and O–H groups in total. The van der Waals surface area contributed by atoms with Crippen LogP contribution in [0, 0.1) is 12.8 Å². The highest BCUT2D eigenvalue weighted by Crippen LogP contribution is 2.22. The van der Waals surface area contributed by atoms with E-state index in [4.69, 9.17) is 9.51 Å². The molecule has 9 nitrogen and oxygen atoms in total. The zero-order chi connectivity index (χ0) is 19.7. The summed E-state index contributed by atoms with van der Waals surface area (Å²) in [7, 11) is 0. The summed E-state index contributed by atoms with van der Waals surface area (Å²) in [6.45, 7) is 6.68. The molecule has 0 aliphatic carbocycles. The predicted octanol–water partition coefficient (Wildman–Crippen LogP) is 1.22. The van der Waals surface area contributed by atoms with E-state index in [1.807, 2.05) is 0 Å².